The van der Waals surface area contributed by atoms with Crippen LogP contribution in [0.4, 0.5) is 4.39 Å². The molecule has 1 amide bonds. The Morgan fingerprint density at radius 2 is 2.03 bits per heavy atom. The second-order valence-electron chi connectivity index (χ2n) is 6.28. The van der Waals surface area contributed by atoms with Crippen LogP contribution in [0.15, 0.2) is 64.2 Å². The van der Waals surface area contributed by atoms with Crippen LogP contribution >= 0.6 is 11.6 Å². The number of aromatic nitrogens is 3. The van der Waals surface area contributed by atoms with Crippen LogP contribution < -0.4 is 10.9 Å². The van der Waals surface area contributed by atoms with Crippen molar-refractivity contribution in [2.75, 3.05) is 0 Å². The fourth-order valence-corrected chi connectivity index (χ4v) is 3.10. The maximum absolute atomic E-state index is 14.1. The maximum Gasteiger partial charge on any atom is 0.267 e. The molecule has 2 aromatic carbocycles. The van der Waals surface area contributed by atoms with Crippen LogP contribution in [0.2, 0.25) is 5.02 Å². The van der Waals surface area contributed by atoms with Crippen LogP contribution in [-0.4, -0.2) is 20.6 Å². The molecular formula is C20H14ClFN4O3. The van der Waals surface area contributed by atoms with Crippen molar-refractivity contribution in [3.8, 4) is 11.3 Å². The van der Waals surface area contributed by atoms with E-state index < -0.39 is 17.3 Å². The molecule has 0 unspecified atom stereocenters. The SMILES string of the molecule is O=C(Cn1cnc2onc(-c3ccccc3F)c2c1=O)NCc1cccc(Cl)c1. The lowest BCUT2D eigenvalue weighted by molar-refractivity contribution is -0.121. The van der Waals surface area contributed by atoms with Gasteiger partial charge in [0.2, 0.25) is 5.91 Å². The third-order valence-corrected chi connectivity index (χ3v) is 4.52. The molecule has 0 saturated heterocycles. The average Bonchev–Trinajstić information content (AvgIpc) is 3.14. The fourth-order valence-electron chi connectivity index (χ4n) is 2.89. The third kappa shape index (κ3) is 3.88. The summed E-state index contributed by atoms with van der Waals surface area (Å²) in [6, 6.07) is 13.0. The number of benzene rings is 2. The number of fused-ring (bicyclic) bond motifs is 1. The van der Waals surface area contributed by atoms with Gasteiger partial charge in [-0.05, 0) is 29.8 Å². The second kappa shape index (κ2) is 7.84. The van der Waals surface area contributed by atoms with Crippen molar-refractivity contribution in [1.82, 2.24) is 20.0 Å². The molecule has 0 radical (unpaired) electrons. The molecule has 0 aliphatic heterocycles. The first-order valence-corrected chi connectivity index (χ1v) is 9.01. The van der Waals surface area contributed by atoms with Gasteiger partial charge in [-0.3, -0.25) is 14.2 Å². The van der Waals surface area contributed by atoms with E-state index in [1.165, 1.54) is 24.5 Å². The number of rotatable bonds is 5. The van der Waals surface area contributed by atoms with Gasteiger partial charge in [0.25, 0.3) is 11.3 Å². The van der Waals surface area contributed by atoms with Gasteiger partial charge in [-0.15, -0.1) is 0 Å². The van der Waals surface area contributed by atoms with Crippen molar-refractivity contribution in [3.05, 3.63) is 81.6 Å². The molecular weight excluding hydrogens is 399 g/mol. The molecule has 2 heterocycles. The van der Waals surface area contributed by atoms with E-state index in [1.54, 1.807) is 24.3 Å². The number of halogens is 2. The smallest absolute Gasteiger partial charge is 0.267 e. The lowest BCUT2D eigenvalue weighted by Crippen LogP contribution is -2.32. The van der Waals surface area contributed by atoms with Gasteiger partial charge < -0.3 is 9.84 Å². The Morgan fingerprint density at radius 3 is 2.83 bits per heavy atom. The first-order valence-electron chi connectivity index (χ1n) is 8.64. The predicted molar refractivity (Wildman–Crippen MR) is 105 cm³/mol. The first-order chi connectivity index (χ1) is 14.0. The Labute approximate surface area is 168 Å². The summed E-state index contributed by atoms with van der Waals surface area (Å²) in [7, 11) is 0. The summed E-state index contributed by atoms with van der Waals surface area (Å²) in [5, 5.41) is 7.08. The number of nitrogens with zero attached hydrogens (tertiary/aromatic N) is 3. The number of carbonyl (C=O) groups excluding carboxylic acids is 1. The number of hydrogen-bond acceptors (Lipinski definition) is 5. The summed E-state index contributed by atoms with van der Waals surface area (Å²) in [6.45, 7) is 0.00178. The third-order valence-electron chi connectivity index (χ3n) is 4.28. The van der Waals surface area contributed by atoms with E-state index in [9.17, 15) is 14.0 Å². The molecule has 0 saturated carbocycles. The zero-order chi connectivity index (χ0) is 20.4. The molecule has 0 aliphatic carbocycles. The molecule has 7 nitrogen and oxygen atoms in total. The van der Waals surface area contributed by atoms with E-state index in [0.29, 0.717) is 5.02 Å². The molecule has 2 aromatic heterocycles. The van der Waals surface area contributed by atoms with E-state index >= 15 is 0 Å². The summed E-state index contributed by atoms with van der Waals surface area (Å²) in [5.74, 6) is -0.936. The summed E-state index contributed by atoms with van der Waals surface area (Å²) in [4.78, 5) is 29.1. The zero-order valence-electron chi connectivity index (χ0n) is 14.9. The first kappa shape index (κ1) is 18.8. The van der Waals surface area contributed by atoms with E-state index in [1.807, 2.05) is 6.07 Å². The molecule has 0 atom stereocenters. The zero-order valence-corrected chi connectivity index (χ0v) is 15.7. The number of carbonyl (C=O) groups is 1. The molecule has 29 heavy (non-hydrogen) atoms. The van der Waals surface area contributed by atoms with Crippen molar-refractivity contribution in [3.63, 3.8) is 0 Å². The maximum atomic E-state index is 14.1. The standard InChI is InChI=1S/C20H14ClFN4O3/c21-13-5-3-4-12(8-13)9-23-16(27)10-26-11-24-19-17(20(26)28)18(25-29-19)14-6-1-2-7-15(14)22/h1-8,11H,9-10H2,(H,23,27). The van der Waals surface area contributed by atoms with E-state index in [-0.39, 0.29) is 35.4 Å². The number of amides is 1. The number of hydrogen-bond donors (Lipinski definition) is 1. The largest absolute Gasteiger partial charge is 0.350 e. The predicted octanol–water partition coefficient (Wildman–Crippen LogP) is 3.16. The van der Waals surface area contributed by atoms with Crippen molar-refractivity contribution in [2.24, 2.45) is 0 Å². The Hall–Kier alpha value is -3.52. The van der Waals surface area contributed by atoms with Crippen LogP contribution in [0.25, 0.3) is 22.4 Å². The number of nitrogens with one attached hydrogen (secondary N) is 1. The van der Waals surface area contributed by atoms with Crippen molar-refractivity contribution >= 4 is 28.6 Å². The summed E-state index contributed by atoms with van der Waals surface area (Å²) in [5.41, 5.74) is 0.418. The Bertz CT molecular complexity index is 1270. The Morgan fingerprint density at radius 1 is 1.21 bits per heavy atom. The van der Waals surface area contributed by atoms with Gasteiger partial charge in [0.1, 0.15) is 29.8 Å². The van der Waals surface area contributed by atoms with Gasteiger partial charge in [0.05, 0.1) is 0 Å². The van der Waals surface area contributed by atoms with Crippen molar-refractivity contribution < 1.29 is 13.7 Å². The van der Waals surface area contributed by atoms with Gasteiger partial charge in [0, 0.05) is 17.1 Å². The van der Waals surface area contributed by atoms with Gasteiger partial charge in [-0.2, -0.15) is 0 Å². The quantitative estimate of drug-likeness (QED) is 0.543. The molecule has 146 valence electrons. The highest BCUT2D eigenvalue weighted by Gasteiger charge is 2.19. The highest BCUT2D eigenvalue weighted by Crippen LogP contribution is 2.26. The summed E-state index contributed by atoms with van der Waals surface area (Å²) < 4.78 is 20.3. The van der Waals surface area contributed by atoms with Crippen LogP contribution in [0.5, 0.6) is 0 Å². The van der Waals surface area contributed by atoms with Crippen molar-refractivity contribution in [2.45, 2.75) is 13.1 Å². The minimum Gasteiger partial charge on any atom is -0.350 e. The molecule has 1 N–H and O–H groups in total. The normalized spacial score (nSPS) is 11.0. The van der Waals surface area contributed by atoms with Crippen LogP contribution in [-0.2, 0) is 17.9 Å². The molecule has 4 aromatic rings. The van der Waals surface area contributed by atoms with Gasteiger partial charge in [0.15, 0.2) is 0 Å². The molecule has 0 fully saturated rings. The second-order valence-corrected chi connectivity index (χ2v) is 6.71. The molecule has 4 rings (SSSR count). The van der Waals surface area contributed by atoms with E-state index in [4.69, 9.17) is 16.1 Å². The topological polar surface area (TPSA) is 90.0 Å². The average molecular weight is 413 g/mol. The van der Waals surface area contributed by atoms with Crippen LogP contribution in [0.3, 0.4) is 0 Å². The monoisotopic (exact) mass is 412 g/mol. The minimum absolute atomic E-state index is 0.0141. The van der Waals surface area contributed by atoms with Crippen LogP contribution in [0.1, 0.15) is 5.56 Å². The van der Waals surface area contributed by atoms with E-state index in [0.717, 1.165) is 10.1 Å². The summed E-state index contributed by atoms with van der Waals surface area (Å²) >= 11 is 5.92. The Kier molecular flexibility index (Phi) is 5.09. The fraction of sp³-hybridized carbons (Fsp3) is 0.100. The molecule has 9 heteroatoms. The Balaban J connectivity index is 1.59. The molecule has 0 bridgehead atoms. The van der Waals surface area contributed by atoms with Gasteiger partial charge >= 0.3 is 0 Å². The highest BCUT2D eigenvalue weighted by molar-refractivity contribution is 6.30. The lowest BCUT2D eigenvalue weighted by atomic mass is 10.1. The minimum atomic E-state index is -0.549. The van der Waals surface area contributed by atoms with Crippen LogP contribution in [0, 0.1) is 5.82 Å². The van der Waals surface area contributed by atoms with Gasteiger partial charge in [-0.1, -0.05) is 41.0 Å². The molecule has 0 aliphatic rings. The highest BCUT2D eigenvalue weighted by atomic mass is 35.5. The lowest BCUT2D eigenvalue weighted by Gasteiger charge is -2.07. The van der Waals surface area contributed by atoms with E-state index in [2.05, 4.69) is 15.5 Å². The molecule has 0 spiro atoms. The van der Waals surface area contributed by atoms with Crippen molar-refractivity contribution in [1.29, 1.82) is 0 Å². The van der Waals surface area contributed by atoms with Gasteiger partial charge in [-0.25, -0.2) is 9.37 Å². The summed E-state index contributed by atoms with van der Waals surface area (Å²) in [6.07, 6.45) is 1.19.